The molecule has 3 aromatic rings. The minimum Gasteiger partial charge on any atom is -0.284 e. The lowest BCUT2D eigenvalue weighted by molar-refractivity contribution is -0.118. The first kappa shape index (κ1) is 16.7. The Morgan fingerprint density at radius 2 is 1.88 bits per heavy atom. The van der Waals surface area contributed by atoms with Crippen molar-refractivity contribution < 1.29 is 4.79 Å². The van der Waals surface area contributed by atoms with Crippen LogP contribution in [0.2, 0.25) is 0 Å². The number of benzene rings is 2. The third-order valence-corrected chi connectivity index (χ3v) is 5.12. The second-order valence-electron chi connectivity index (χ2n) is 6.16. The predicted octanol–water partition coefficient (Wildman–Crippen LogP) is 5.36. The van der Waals surface area contributed by atoms with Crippen molar-refractivity contribution in [1.29, 1.82) is 0 Å². The van der Waals surface area contributed by atoms with Crippen LogP contribution >= 0.6 is 11.3 Å². The molecule has 0 saturated carbocycles. The van der Waals surface area contributed by atoms with Gasteiger partial charge in [-0.1, -0.05) is 74.6 Å². The SMILES string of the molecule is CCC(=O)N(Cc1ccccc1)c1nc2c(C(C)C)cccc2s1. The lowest BCUT2D eigenvalue weighted by Gasteiger charge is -2.19. The fourth-order valence-corrected chi connectivity index (χ4v) is 3.78. The van der Waals surface area contributed by atoms with Crippen LogP contribution in [-0.4, -0.2) is 10.9 Å². The maximum Gasteiger partial charge on any atom is 0.228 e. The number of carbonyl (C=O) groups excluding carboxylic acids is 1. The Bertz CT molecular complexity index is 839. The topological polar surface area (TPSA) is 33.2 Å². The lowest BCUT2D eigenvalue weighted by Crippen LogP contribution is -2.29. The molecule has 124 valence electrons. The van der Waals surface area contributed by atoms with E-state index in [1.807, 2.05) is 42.2 Å². The first-order valence-corrected chi connectivity index (χ1v) is 9.15. The van der Waals surface area contributed by atoms with Crippen molar-refractivity contribution in [3.63, 3.8) is 0 Å². The van der Waals surface area contributed by atoms with Gasteiger partial charge in [-0.3, -0.25) is 9.69 Å². The number of hydrogen-bond donors (Lipinski definition) is 0. The smallest absolute Gasteiger partial charge is 0.228 e. The largest absolute Gasteiger partial charge is 0.284 e. The molecular formula is C20H22N2OS. The highest BCUT2D eigenvalue weighted by Crippen LogP contribution is 2.34. The number of amides is 1. The molecule has 24 heavy (non-hydrogen) atoms. The van der Waals surface area contributed by atoms with Crippen molar-refractivity contribution in [2.45, 2.75) is 39.7 Å². The lowest BCUT2D eigenvalue weighted by atomic mass is 10.0. The summed E-state index contributed by atoms with van der Waals surface area (Å²) < 4.78 is 1.14. The quantitative estimate of drug-likeness (QED) is 0.627. The zero-order valence-corrected chi connectivity index (χ0v) is 15.1. The van der Waals surface area contributed by atoms with Gasteiger partial charge in [0.2, 0.25) is 5.91 Å². The van der Waals surface area contributed by atoms with E-state index in [9.17, 15) is 4.79 Å². The molecule has 0 aliphatic heterocycles. The molecule has 0 spiro atoms. The molecule has 1 heterocycles. The van der Waals surface area contributed by atoms with Gasteiger partial charge in [0.25, 0.3) is 0 Å². The van der Waals surface area contributed by atoms with E-state index < -0.39 is 0 Å². The van der Waals surface area contributed by atoms with Gasteiger partial charge in [-0.2, -0.15) is 0 Å². The zero-order chi connectivity index (χ0) is 17.1. The van der Waals surface area contributed by atoms with E-state index in [0.29, 0.717) is 18.9 Å². The van der Waals surface area contributed by atoms with Crippen molar-refractivity contribution in [3.8, 4) is 0 Å². The summed E-state index contributed by atoms with van der Waals surface area (Å²) in [6, 6.07) is 16.4. The van der Waals surface area contributed by atoms with Crippen LogP contribution in [0.5, 0.6) is 0 Å². The molecular weight excluding hydrogens is 316 g/mol. The van der Waals surface area contributed by atoms with Gasteiger partial charge in [-0.25, -0.2) is 4.98 Å². The van der Waals surface area contributed by atoms with Gasteiger partial charge in [0.1, 0.15) is 0 Å². The molecule has 0 aliphatic rings. The molecule has 3 rings (SSSR count). The third kappa shape index (κ3) is 3.34. The standard InChI is InChI=1S/C20H22N2OS/c1-4-18(23)22(13-15-9-6-5-7-10-15)20-21-19-16(14(2)3)11-8-12-17(19)24-20/h5-12,14H,4,13H2,1-3H3. The zero-order valence-electron chi connectivity index (χ0n) is 14.3. The summed E-state index contributed by atoms with van der Waals surface area (Å²) in [7, 11) is 0. The van der Waals surface area contributed by atoms with E-state index in [1.165, 1.54) is 5.56 Å². The van der Waals surface area contributed by atoms with E-state index in [4.69, 9.17) is 4.98 Å². The van der Waals surface area contributed by atoms with Crippen molar-refractivity contribution in [3.05, 3.63) is 59.7 Å². The molecule has 0 atom stereocenters. The number of fused-ring (bicyclic) bond motifs is 1. The Kier molecular flexibility index (Phi) is 4.95. The summed E-state index contributed by atoms with van der Waals surface area (Å²) in [6.45, 7) is 6.80. The Morgan fingerprint density at radius 1 is 1.12 bits per heavy atom. The minimum absolute atomic E-state index is 0.101. The third-order valence-electron chi connectivity index (χ3n) is 4.08. The highest BCUT2D eigenvalue weighted by Gasteiger charge is 2.20. The van der Waals surface area contributed by atoms with Gasteiger partial charge < -0.3 is 0 Å². The van der Waals surface area contributed by atoms with Crippen LogP contribution in [0.3, 0.4) is 0 Å². The van der Waals surface area contributed by atoms with Crippen LogP contribution in [0, 0.1) is 0 Å². The van der Waals surface area contributed by atoms with E-state index in [-0.39, 0.29) is 5.91 Å². The van der Waals surface area contributed by atoms with E-state index in [0.717, 1.165) is 20.9 Å². The number of anilines is 1. The molecule has 4 heteroatoms. The van der Waals surface area contributed by atoms with Gasteiger partial charge in [-0.05, 0) is 23.1 Å². The van der Waals surface area contributed by atoms with Crippen molar-refractivity contribution in [2.75, 3.05) is 4.90 Å². The Morgan fingerprint density at radius 3 is 2.54 bits per heavy atom. The second-order valence-corrected chi connectivity index (χ2v) is 7.17. The number of para-hydroxylation sites is 1. The van der Waals surface area contributed by atoms with Crippen LogP contribution in [0.4, 0.5) is 5.13 Å². The number of hydrogen-bond acceptors (Lipinski definition) is 3. The molecule has 3 nitrogen and oxygen atoms in total. The van der Waals surface area contributed by atoms with E-state index >= 15 is 0 Å². The molecule has 0 radical (unpaired) electrons. The summed E-state index contributed by atoms with van der Waals surface area (Å²) in [5, 5.41) is 0.786. The van der Waals surface area contributed by atoms with Crippen LogP contribution in [0.15, 0.2) is 48.5 Å². The number of thiazole rings is 1. The van der Waals surface area contributed by atoms with Crippen molar-refractivity contribution >= 4 is 32.6 Å². The average Bonchev–Trinajstić information content (AvgIpc) is 3.03. The van der Waals surface area contributed by atoms with E-state index in [2.05, 4.69) is 32.0 Å². The second kappa shape index (κ2) is 7.14. The Balaban J connectivity index is 2.03. The summed E-state index contributed by atoms with van der Waals surface area (Å²) in [5.74, 6) is 0.511. The number of rotatable bonds is 5. The predicted molar refractivity (Wildman–Crippen MR) is 102 cm³/mol. The molecule has 0 aliphatic carbocycles. The maximum absolute atomic E-state index is 12.5. The molecule has 0 bridgehead atoms. The number of nitrogens with zero attached hydrogens (tertiary/aromatic N) is 2. The average molecular weight is 338 g/mol. The van der Waals surface area contributed by atoms with Gasteiger partial charge in [0.05, 0.1) is 16.8 Å². The Hall–Kier alpha value is -2.20. The van der Waals surface area contributed by atoms with Crippen LogP contribution in [-0.2, 0) is 11.3 Å². The van der Waals surface area contributed by atoms with Crippen LogP contribution < -0.4 is 4.90 Å². The monoisotopic (exact) mass is 338 g/mol. The summed E-state index contributed by atoms with van der Waals surface area (Å²) >= 11 is 1.59. The minimum atomic E-state index is 0.101. The van der Waals surface area contributed by atoms with Gasteiger partial charge in [0.15, 0.2) is 5.13 Å². The van der Waals surface area contributed by atoms with Gasteiger partial charge >= 0.3 is 0 Å². The van der Waals surface area contributed by atoms with Gasteiger partial charge in [0, 0.05) is 6.42 Å². The Labute approximate surface area is 147 Å². The summed E-state index contributed by atoms with van der Waals surface area (Å²) in [4.78, 5) is 19.1. The summed E-state index contributed by atoms with van der Waals surface area (Å²) in [6.07, 6.45) is 0.472. The molecule has 0 N–H and O–H groups in total. The molecule has 0 fully saturated rings. The molecule has 2 aromatic carbocycles. The first-order valence-electron chi connectivity index (χ1n) is 8.34. The highest BCUT2D eigenvalue weighted by atomic mass is 32.1. The molecule has 1 aromatic heterocycles. The first-order chi connectivity index (χ1) is 11.6. The van der Waals surface area contributed by atoms with Crippen LogP contribution in [0.1, 0.15) is 44.2 Å². The maximum atomic E-state index is 12.5. The van der Waals surface area contributed by atoms with Crippen molar-refractivity contribution in [1.82, 2.24) is 4.98 Å². The van der Waals surface area contributed by atoms with Gasteiger partial charge in [-0.15, -0.1) is 0 Å². The molecule has 0 unspecified atom stereocenters. The fourth-order valence-electron chi connectivity index (χ4n) is 2.76. The van der Waals surface area contributed by atoms with Crippen molar-refractivity contribution in [2.24, 2.45) is 0 Å². The fraction of sp³-hybridized carbons (Fsp3) is 0.300. The number of aromatic nitrogens is 1. The molecule has 0 saturated heterocycles. The van der Waals surface area contributed by atoms with E-state index in [1.54, 1.807) is 11.3 Å². The normalized spacial score (nSPS) is 11.2. The van der Waals surface area contributed by atoms with Crippen LogP contribution in [0.25, 0.3) is 10.2 Å². The summed E-state index contributed by atoms with van der Waals surface area (Å²) in [5.41, 5.74) is 3.37. The highest BCUT2D eigenvalue weighted by molar-refractivity contribution is 7.22. The number of carbonyl (C=O) groups is 1. The molecule has 1 amide bonds.